The van der Waals surface area contributed by atoms with E-state index in [9.17, 15) is 13.2 Å². The second-order valence-corrected chi connectivity index (χ2v) is 6.89. The lowest BCUT2D eigenvalue weighted by atomic mass is 10.3. The minimum Gasteiger partial charge on any atom is -0.326 e. The predicted octanol–water partition coefficient (Wildman–Crippen LogP) is 2.02. The fraction of sp³-hybridized carbons (Fsp3) is 0.0625. The molecule has 0 spiro atoms. The summed E-state index contributed by atoms with van der Waals surface area (Å²) in [6, 6.07) is 12.4. The number of nitrogens with zero attached hydrogens (tertiary/aromatic N) is 2. The van der Waals surface area contributed by atoms with Crippen LogP contribution in [-0.4, -0.2) is 23.4 Å². The summed E-state index contributed by atoms with van der Waals surface area (Å²) in [5, 5.41) is 2.92. The molecule has 0 fully saturated rings. The maximum absolute atomic E-state index is 12.3. The molecule has 0 radical (unpaired) electrons. The summed E-state index contributed by atoms with van der Waals surface area (Å²) >= 11 is 0. The van der Waals surface area contributed by atoms with Gasteiger partial charge in [0.1, 0.15) is 5.82 Å². The Hall–Kier alpha value is -3.20. The van der Waals surface area contributed by atoms with Crippen molar-refractivity contribution in [2.75, 3.05) is 10.0 Å². The van der Waals surface area contributed by atoms with E-state index in [-0.39, 0.29) is 22.2 Å². The standard InChI is InChI=1S/C16H15N5O3S/c1-11-10-15(22)20-16(18-11)19-12-5-7-13(8-6-12)25(23,24)21-14-4-2-3-9-17-14/h2-10H,1H3,(H,17,21)(H2,18,19,20,22). The minimum absolute atomic E-state index is 0.0920. The van der Waals surface area contributed by atoms with E-state index in [1.165, 1.54) is 24.4 Å². The molecule has 3 aromatic rings. The number of sulfonamides is 1. The molecule has 0 bridgehead atoms. The first-order valence-electron chi connectivity index (χ1n) is 7.31. The van der Waals surface area contributed by atoms with Gasteiger partial charge in [-0.05, 0) is 43.3 Å². The number of hydrogen-bond donors (Lipinski definition) is 3. The van der Waals surface area contributed by atoms with Gasteiger partial charge in [-0.2, -0.15) is 0 Å². The van der Waals surface area contributed by atoms with Gasteiger partial charge in [-0.25, -0.2) is 18.4 Å². The van der Waals surface area contributed by atoms with Gasteiger partial charge in [0.2, 0.25) is 5.95 Å². The summed E-state index contributed by atoms with van der Waals surface area (Å²) in [5.41, 5.74) is 0.893. The van der Waals surface area contributed by atoms with Crippen molar-refractivity contribution in [3.05, 3.63) is 70.8 Å². The molecule has 1 aromatic carbocycles. The molecular weight excluding hydrogens is 342 g/mol. The van der Waals surface area contributed by atoms with E-state index in [1.54, 1.807) is 37.3 Å². The summed E-state index contributed by atoms with van der Waals surface area (Å²) in [6.45, 7) is 1.71. The lowest BCUT2D eigenvalue weighted by Crippen LogP contribution is -2.14. The maximum Gasteiger partial charge on any atom is 0.263 e. The third-order valence-electron chi connectivity index (χ3n) is 3.20. The SMILES string of the molecule is Cc1cc(=O)[nH]c(Nc2ccc(S(=O)(=O)Nc3ccccn3)cc2)n1. The van der Waals surface area contributed by atoms with Gasteiger partial charge in [0, 0.05) is 23.6 Å². The Labute approximate surface area is 144 Å². The van der Waals surface area contributed by atoms with E-state index in [4.69, 9.17) is 0 Å². The van der Waals surface area contributed by atoms with Crippen LogP contribution in [0.2, 0.25) is 0 Å². The second-order valence-electron chi connectivity index (χ2n) is 5.21. The first-order chi connectivity index (χ1) is 11.9. The van der Waals surface area contributed by atoms with Crippen LogP contribution in [0.4, 0.5) is 17.5 Å². The number of hydrogen-bond acceptors (Lipinski definition) is 6. The molecule has 8 nitrogen and oxygen atoms in total. The molecule has 2 heterocycles. The molecule has 0 saturated carbocycles. The Balaban J connectivity index is 1.78. The van der Waals surface area contributed by atoms with Crippen LogP contribution in [-0.2, 0) is 10.0 Å². The van der Waals surface area contributed by atoms with Gasteiger partial charge in [0.15, 0.2) is 0 Å². The zero-order valence-corrected chi connectivity index (χ0v) is 14.0. The Kier molecular flexibility index (Phi) is 4.48. The highest BCUT2D eigenvalue weighted by molar-refractivity contribution is 7.92. The van der Waals surface area contributed by atoms with Crippen LogP contribution in [0.5, 0.6) is 0 Å². The molecule has 0 atom stereocenters. The molecule has 0 saturated heterocycles. The monoisotopic (exact) mass is 357 g/mol. The Morgan fingerprint density at radius 3 is 2.48 bits per heavy atom. The number of nitrogens with one attached hydrogen (secondary N) is 3. The number of aromatic amines is 1. The van der Waals surface area contributed by atoms with Crippen LogP contribution in [0, 0.1) is 6.92 Å². The van der Waals surface area contributed by atoms with E-state index < -0.39 is 10.0 Å². The van der Waals surface area contributed by atoms with Crippen LogP contribution < -0.4 is 15.6 Å². The molecule has 128 valence electrons. The average molecular weight is 357 g/mol. The zero-order valence-electron chi connectivity index (χ0n) is 13.2. The fourth-order valence-electron chi connectivity index (χ4n) is 2.11. The molecule has 9 heteroatoms. The topological polar surface area (TPSA) is 117 Å². The van der Waals surface area contributed by atoms with Crippen LogP contribution in [0.15, 0.2) is 64.4 Å². The van der Waals surface area contributed by atoms with E-state index >= 15 is 0 Å². The Morgan fingerprint density at radius 2 is 1.84 bits per heavy atom. The normalized spacial score (nSPS) is 11.1. The quantitative estimate of drug-likeness (QED) is 0.643. The summed E-state index contributed by atoms with van der Waals surface area (Å²) in [5.74, 6) is 0.526. The number of benzene rings is 1. The number of aryl methyl sites for hydroxylation is 1. The van der Waals surface area contributed by atoms with Crippen LogP contribution in [0.1, 0.15) is 5.69 Å². The molecule has 0 aliphatic heterocycles. The van der Waals surface area contributed by atoms with Crippen molar-refractivity contribution in [3.63, 3.8) is 0 Å². The van der Waals surface area contributed by atoms with Gasteiger partial charge in [-0.3, -0.25) is 14.5 Å². The smallest absolute Gasteiger partial charge is 0.263 e. The predicted molar refractivity (Wildman–Crippen MR) is 94.4 cm³/mol. The lowest BCUT2D eigenvalue weighted by molar-refractivity contribution is 0.601. The molecular formula is C16H15N5O3S. The van der Waals surface area contributed by atoms with Crippen molar-refractivity contribution >= 4 is 27.5 Å². The maximum atomic E-state index is 12.3. The number of anilines is 3. The molecule has 0 amide bonds. The van der Waals surface area contributed by atoms with E-state index in [1.807, 2.05) is 0 Å². The summed E-state index contributed by atoms with van der Waals surface area (Å²) in [4.78, 5) is 22.2. The van der Waals surface area contributed by atoms with Gasteiger partial charge in [-0.15, -0.1) is 0 Å². The third kappa shape index (κ3) is 4.21. The third-order valence-corrected chi connectivity index (χ3v) is 4.57. The van der Waals surface area contributed by atoms with Crippen molar-refractivity contribution in [1.29, 1.82) is 0 Å². The second kappa shape index (κ2) is 6.73. The molecule has 0 aliphatic rings. The number of H-pyrrole nitrogens is 1. The van der Waals surface area contributed by atoms with Gasteiger partial charge >= 0.3 is 0 Å². The van der Waals surface area contributed by atoms with Gasteiger partial charge in [-0.1, -0.05) is 6.07 Å². The summed E-state index contributed by atoms with van der Waals surface area (Å²) < 4.78 is 27.1. The van der Waals surface area contributed by atoms with Gasteiger partial charge < -0.3 is 5.32 Å². The van der Waals surface area contributed by atoms with Gasteiger partial charge in [0.05, 0.1) is 4.90 Å². The number of rotatable bonds is 5. The van der Waals surface area contributed by atoms with E-state index in [0.717, 1.165) is 0 Å². The average Bonchev–Trinajstić information content (AvgIpc) is 2.55. The first kappa shape index (κ1) is 16.7. The molecule has 2 aromatic heterocycles. The Morgan fingerprint density at radius 1 is 1.08 bits per heavy atom. The molecule has 0 aliphatic carbocycles. The molecule has 25 heavy (non-hydrogen) atoms. The summed E-state index contributed by atoms with van der Waals surface area (Å²) in [6.07, 6.45) is 1.50. The fourth-order valence-corrected chi connectivity index (χ4v) is 3.12. The van der Waals surface area contributed by atoms with Crippen LogP contribution >= 0.6 is 0 Å². The molecule has 3 N–H and O–H groups in total. The van der Waals surface area contributed by atoms with Crippen molar-refractivity contribution in [3.8, 4) is 0 Å². The first-order valence-corrected chi connectivity index (χ1v) is 8.80. The largest absolute Gasteiger partial charge is 0.326 e. The van der Waals surface area contributed by atoms with Crippen molar-refractivity contribution in [1.82, 2.24) is 15.0 Å². The van der Waals surface area contributed by atoms with E-state index in [0.29, 0.717) is 11.4 Å². The van der Waals surface area contributed by atoms with Crippen LogP contribution in [0.3, 0.4) is 0 Å². The molecule has 0 unspecified atom stereocenters. The number of pyridine rings is 1. The molecule has 3 rings (SSSR count). The Bertz CT molecular complexity index is 1030. The minimum atomic E-state index is -3.73. The highest BCUT2D eigenvalue weighted by Gasteiger charge is 2.14. The highest BCUT2D eigenvalue weighted by Crippen LogP contribution is 2.18. The zero-order chi connectivity index (χ0) is 17.9. The summed E-state index contributed by atoms with van der Waals surface area (Å²) in [7, 11) is -3.73. The van der Waals surface area contributed by atoms with Crippen molar-refractivity contribution in [2.45, 2.75) is 11.8 Å². The lowest BCUT2D eigenvalue weighted by Gasteiger charge is -2.09. The highest BCUT2D eigenvalue weighted by atomic mass is 32.2. The number of aromatic nitrogens is 3. The van der Waals surface area contributed by atoms with E-state index in [2.05, 4.69) is 25.0 Å². The van der Waals surface area contributed by atoms with Crippen molar-refractivity contribution in [2.24, 2.45) is 0 Å². The van der Waals surface area contributed by atoms with Crippen LogP contribution in [0.25, 0.3) is 0 Å². The van der Waals surface area contributed by atoms with Crippen molar-refractivity contribution < 1.29 is 8.42 Å². The van der Waals surface area contributed by atoms with Gasteiger partial charge in [0.25, 0.3) is 15.6 Å².